The zero-order valence-electron chi connectivity index (χ0n) is 8.44. The number of benzene rings is 1. The summed E-state index contributed by atoms with van der Waals surface area (Å²) in [6.07, 6.45) is 0. The summed E-state index contributed by atoms with van der Waals surface area (Å²) in [6, 6.07) is 3.07. The van der Waals surface area contributed by atoms with Gasteiger partial charge in [-0.05, 0) is 13.0 Å². The Balaban J connectivity index is 2.99. The lowest BCUT2D eigenvalue weighted by atomic mass is 10.2. The maximum atomic E-state index is 11.3. The van der Waals surface area contributed by atoms with Crippen LogP contribution >= 0.6 is 11.6 Å². The average Bonchev–Trinajstić information content (AvgIpc) is 2.20. The molecule has 0 bridgehead atoms. The van der Waals surface area contributed by atoms with Crippen LogP contribution in [0.25, 0.3) is 0 Å². The van der Waals surface area contributed by atoms with Crippen LogP contribution in [0.2, 0.25) is 5.02 Å². The van der Waals surface area contributed by atoms with Crippen molar-refractivity contribution >= 4 is 28.9 Å². The van der Waals surface area contributed by atoms with Gasteiger partial charge in [0, 0.05) is 12.1 Å². The monoisotopic (exact) mass is 243 g/mol. The molecule has 1 amide bonds. The molecule has 0 saturated carbocycles. The molecule has 0 aliphatic rings. The fourth-order valence-corrected chi connectivity index (χ4v) is 1.13. The number of nitrogens with one attached hydrogen (secondary N) is 1. The predicted octanol–water partition coefficient (Wildman–Crippen LogP) is 1.53. The van der Waals surface area contributed by atoms with Crippen LogP contribution in [0.1, 0.15) is 6.92 Å². The second kappa shape index (κ2) is 4.91. The third kappa shape index (κ3) is 2.91. The number of nitrogens with two attached hydrogens (primary N) is 1. The third-order valence-electron chi connectivity index (χ3n) is 1.83. The lowest BCUT2D eigenvalue weighted by molar-refractivity contribution is -0.384. The minimum absolute atomic E-state index is 0.149. The molecule has 0 aliphatic carbocycles. The Bertz CT molecular complexity index is 434. The molecule has 1 aromatic rings. The molecule has 0 aromatic heterocycles. The van der Waals surface area contributed by atoms with Crippen LogP contribution in [-0.2, 0) is 4.79 Å². The van der Waals surface area contributed by atoms with Crippen molar-refractivity contribution in [1.82, 2.24) is 0 Å². The summed E-state index contributed by atoms with van der Waals surface area (Å²) in [7, 11) is 0. The van der Waals surface area contributed by atoms with Crippen LogP contribution in [0.15, 0.2) is 18.2 Å². The van der Waals surface area contributed by atoms with Crippen molar-refractivity contribution in [3.8, 4) is 0 Å². The van der Waals surface area contributed by atoms with E-state index in [9.17, 15) is 14.9 Å². The SMILES string of the molecule is CC(N)C(=O)Nc1cc([N+](=O)[O-])ccc1Cl. The van der Waals surface area contributed by atoms with Crippen molar-refractivity contribution in [1.29, 1.82) is 0 Å². The smallest absolute Gasteiger partial charge is 0.271 e. The minimum Gasteiger partial charge on any atom is -0.323 e. The molecular weight excluding hydrogens is 234 g/mol. The van der Waals surface area contributed by atoms with Gasteiger partial charge in [0.15, 0.2) is 0 Å². The lowest BCUT2D eigenvalue weighted by Gasteiger charge is -2.08. The maximum Gasteiger partial charge on any atom is 0.271 e. The lowest BCUT2D eigenvalue weighted by Crippen LogP contribution is -2.32. The molecule has 0 radical (unpaired) electrons. The molecule has 0 fully saturated rings. The van der Waals surface area contributed by atoms with Gasteiger partial charge < -0.3 is 11.1 Å². The summed E-state index contributed by atoms with van der Waals surface area (Å²) in [5, 5.41) is 13.1. The number of nitro benzene ring substituents is 1. The Morgan fingerprint density at radius 3 is 2.75 bits per heavy atom. The standard InChI is InChI=1S/C9H10ClN3O3/c1-5(11)9(14)12-8-4-6(13(15)16)2-3-7(8)10/h2-5H,11H2,1H3,(H,12,14). The largest absolute Gasteiger partial charge is 0.323 e. The first-order chi connectivity index (χ1) is 7.41. The van der Waals surface area contributed by atoms with Gasteiger partial charge in [-0.15, -0.1) is 0 Å². The number of anilines is 1. The summed E-state index contributed by atoms with van der Waals surface area (Å²) in [4.78, 5) is 21.2. The Morgan fingerprint density at radius 1 is 1.62 bits per heavy atom. The van der Waals surface area contributed by atoms with E-state index in [1.54, 1.807) is 0 Å². The molecular formula is C9H10ClN3O3. The van der Waals surface area contributed by atoms with Crippen LogP contribution in [0.3, 0.4) is 0 Å². The van der Waals surface area contributed by atoms with Crippen LogP contribution < -0.4 is 11.1 Å². The molecule has 1 atom stereocenters. The Labute approximate surface area is 96.5 Å². The van der Waals surface area contributed by atoms with Gasteiger partial charge in [0.05, 0.1) is 21.7 Å². The molecule has 7 heteroatoms. The van der Waals surface area contributed by atoms with Crippen LogP contribution in [-0.4, -0.2) is 16.9 Å². The molecule has 16 heavy (non-hydrogen) atoms. The van der Waals surface area contributed by atoms with Crippen molar-refractivity contribution in [3.05, 3.63) is 33.3 Å². The van der Waals surface area contributed by atoms with Gasteiger partial charge in [0.2, 0.25) is 5.91 Å². The highest BCUT2D eigenvalue weighted by Gasteiger charge is 2.13. The van der Waals surface area contributed by atoms with Crippen molar-refractivity contribution in [2.24, 2.45) is 5.73 Å². The van der Waals surface area contributed by atoms with E-state index >= 15 is 0 Å². The van der Waals surface area contributed by atoms with E-state index in [-0.39, 0.29) is 16.4 Å². The van der Waals surface area contributed by atoms with Crippen molar-refractivity contribution in [3.63, 3.8) is 0 Å². The number of hydrogen-bond donors (Lipinski definition) is 2. The Hall–Kier alpha value is -1.66. The van der Waals surface area contributed by atoms with E-state index < -0.39 is 16.9 Å². The molecule has 0 spiro atoms. The molecule has 0 heterocycles. The first-order valence-corrected chi connectivity index (χ1v) is 4.80. The van der Waals surface area contributed by atoms with E-state index in [2.05, 4.69) is 5.32 Å². The van der Waals surface area contributed by atoms with Crippen LogP contribution in [0.4, 0.5) is 11.4 Å². The number of non-ortho nitro benzene ring substituents is 1. The van der Waals surface area contributed by atoms with Gasteiger partial charge in [-0.3, -0.25) is 14.9 Å². The summed E-state index contributed by atoms with van der Waals surface area (Å²) >= 11 is 5.77. The number of nitrogens with zero attached hydrogens (tertiary/aromatic N) is 1. The van der Waals surface area contributed by atoms with Crippen molar-refractivity contribution in [2.75, 3.05) is 5.32 Å². The molecule has 1 rings (SSSR count). The van der Waals surface area contributed by atoms with Gasteiger partial charge in [0.25, 0.3) is 5.69 Å². The van der Waals surface area contributed by atoms with E-state index in [4.69, 9.17) is 17.3 Å². The number of carbonyl (C=O) groups is 1. The number of hydrogen-bond acceptors (Lipinski definition) is 4. The predicted molar refractivity (Wildman–Crippen MR) is 60.4 cm³/mol. The van der Waals surface area contributed by atoms with E-state index in [0.717, 1.165) is 0 Å². The molecule has 0 saturated heterocycles. The highest BCUT2D eigenvalue weighted by molar-refractivity contribution is 6.33. The van der Waals surface area contributed by atoms with E-state index in [1.807, 2.05) is 0 Å². The minimum atomic E-state index is -0.713. The van der Waals surface area contributed by atoms with Gasteiger partial charge in [-0.1, -0.05) is 11.6 Å². The van der Waals surface area contributed by atoms with E-state index in [0.29, 0.717) is 0 Å². The third-order valence-corrected chi connectivity index (χ3v) is 2.16. The number of nitro groups is 1. The van der Waals surface area contributed by atoms with Gasteiger partial charge in [-0.2, -0.15) is 0 Å². The fraction of sp³-hybridized carbons (Fsp3) is 0.222. The summed E-state index contributed by atoms with van der Waals surface area (Å²) < 4.78 is 0. The normalized spacial score (nSPS) is 11.9. The first-order valence-electron chi connectivity index (χ1n) is 4.42. The topological polar surface area (TPSA) is 98.3 Å². The van der Waals surface area contributed by atoms with Gasteiger partial charge in [-0.25, -0.2) is 0 Å². The van der Waals surface area contributed by atoms with Gasteiger partial charge >= 0.3 is 0 Å². The molecule has 6 nitrogen and oxygen atoms in total. The number of halogens is 1. The summed E-state index contributed by atoms with van der Waals surface area (Å²) in [6.45, 7) is 1.50. The van der Waals surface area contributed by atoms with Crippen molar-refractivity contribution < 1.29 is 9.72 Å². The number of carbonyl (C=O) groups excluding carboxylic acids is 1. The first kappa shape index (κ1) is 12.4. The van der Waals surface area contributed by atoms with Gasteiger partial charge in [0.1, 0.15) is 0 Å². The molecule has 1 unspecified atom stereocenters. The number of rotatable bonds is 3. The average molecular weight is 244 g/mol. The quantitative estimate of drug-likeness (QED) is 0.621. The second-order valence-corrected chi connectivity index (χ2v) is 3.61. The molecule has 0 aliphatic heterocycles. The van der Waals surface area contributed by atoms with E-state index in [1.165, 1.54) is 25.1 Å². The van der Waals surface area contributed by atoms with Crippen LogP contribution in [0.5, 0.6) is 0 Å². The zero-order valence-corrected chi connectivity index (χ0v) is 9.19. The molecule has 1 aromatic carbocycles. The highest BCUT2D eigenvalue weighted by Crippen LogP contribution is 2.26. The Morgan fingerprint density at radius 2 is 2.25 bits per heavy atom. The number of amides is 1. The van der Waals surface area contributed by atoms with Crippen molar-refractivity contribution in [2.45, 2.75) is 13.0 Å². The molecule has 3 N–H and O–H groups in total. The summed E-state index contributed by atoms with van der Waals surface area (Å²) in [5.74, 6) is -0.456. The summed E-state index contributed by atoms with van der Waals surface area (Å²) in [5.41, 5.74) is 5.37. The molecule has 86 valence electrons. The fourth-order valence-electron chi connectivity index (χ4n) is 0.969. The van der Waals surface area contributed by atoms with Crippen LogP contribution in [0, 0.1) is 10.1 Å². The maximum absolute atomic E-state index is 11.3. The second-order valence-electron chi connectivity index (χ2n) is 3.20. The zero-order chi connectivity index (χ0) is 12.3. The Kier molecular flexibility index (Phi) is 3.81. The highest BCUT2D eigenvalue weighted by atomic mass is 35.5.